The molecule has 1 heterocycles. The van der Waals surface area contributed by atoms with Crippen molar-refractivity contribution in [1.29, 1.82) is 0 Å². The van der Waals surface area contributed by atoms with Crippen LogP contribution in [0.15, 0.2) is 30.3 Å². The molecular formula is C16H23NO2. The monoisotopic (exact) mass is 261 g/mol. The van der Waals surface area contributed by atoms with Gasteiger partial charge in [0, 0.05) is 24.6 Å². The topological polar surface area (TPSA) is 40.5 Å². The van der Waals surface area contributed by atoms with Gasteiger partial charge in [0.2, 0.25) is 0 Å². The molecular weight excluding hydrogens is 238 g/mol. The second kappa shape index (κ2) is 7.41. The van der Waals surface area contributed by atoms with Crippen molar-refractivity contribution in [2.75, 3.05) is 19.7 Å². The number of ketones is 1. The molecule has 0 amide bonds. The first kappa shape index (κ1) is 14.2. The molecule has 1 aromatic carbocycles. The van der Waals surface area contributed by atoms with Crippen LogP contribution in [-0.4, -0.2) is 41.5 Å². The second-order valence-electron chi connectivity index (χ2n) is 5.26. The summed E-state index contributed by atoms with van der Waals surface area (Å²) in [5.74, 6) is 0.196. The average Bonchev–Trinajstić information content (AvgIpc) is 2.70. The van der Waals surface area contributed by atoms with E-state index in [-0.39, 0.29) is 18.4 Å². The number of carbonyl (C=O) groups is 1. The van der Waals surface area contributed by atoms with Crippen LogP contribution in [0.2, 0.25) is 0 Å². The number of aliphatic hydroxyl groups is 1. The molecule has 19 heavy (non-hydrogen) atoms. The van der Waals surface area contributed by atoms with Crippen molar-refractivity contribution in [2.45, 2.75) is 38.1 Å². The Morgan fingerprint density at radius 2 is 2.00 bits per heavy atom. The molecule has 0 radical (unpaired) electrons. The number of aliphatic hydroxyl groups excluding tert-OH is 1. The molecule has 1 N–H and O–H groups in total. The van der Waals surface area contributed by atoms with Crippen LogP contribution in [0.1, 0.15) is 42.5 Å². The zero-order valence-electron chi connectivity index (χ0n) is 11.4. The van der Waals surface area contributed by atoms with E-state index < -0.39 is 0 Å². The number of Topliss-reactive ketones (excluding diaryl/α,β-unsaturated/α-hetero) is 1. The Kier molecular flexibility index (Phi) is 5.55. The number of carbonyl (C=O) groups excluding carboxylic acids is 1. The first-order valence-corrected chi connectivity index (χ1v) is 7.24. The highest BCUT2D eigenvalue weighted by molar-refractivity contribution is 5.96. The molecule has 3 heteroatoms. The predicted octanol–water partition coefficient (Wildman–Crippen LogP) is 2.50. The summed E-state index contributed by atoms with van der Waals surface area (Å²) >= 11 is 0. The zero-order chi connectivity index (χ0) is 13.5. The summed E-state index contributed by atoms with van der Waals surface area (Å²) in [6, 6.07) is 9.70. The number of nitrogens with zero attached hydrogens (tertiary/aromatic N) is 1. The van der Waals surface area contributed by atoms with E-state index in [0.717, 1.165) is 25.1 Å². The predicted molar refractivity (Wildman–Crippen MR) is 76.3 cm³/mol. The molecule has 1 fully saturated rings. The standard InChI is InChI=1S/C16H23NO2/c18-13-15-9-5-2-6-11-17(15)12-10-16(19)14-7-3-1-4-8-14/h1,3-4,7-8,15,18H,2,5-6,9-13H2. The largest absolute Gasteiger partial charge is 0.395 e. The highest BCUT2D eigenvalue weighted by Crippen LogP contribution is 2.17. The maximum Gasteiger partial charge on any atom is 0.164 e. The van der Waals surface area contributed by atoms with Crippen LogP contribution < -0.4 is 0 Å². The minimum absolute atomic E-state index is 0.196. The van der Waals surface area contributed by atoms with Crippen LogP contribution in [0.4, 0.5) is 0 Å². The summed E-state index contributed by atoms with van der Waals surface area (Å²) in [4.78, 5) is 14.4. The van der Waals surface area contributed by atoms with Gasteiger partial charge in [0.1, 0.15) is 0 Å². The molecule has 3 nitrogen and oxygen atoms in total. The van der Waals surface area contributed by atoms with Gasteiger partial charge < -0.3 is 5.11 Å². The highest BCUT2D eigenvalue weighted by Gasteiger charge is 2.20. The van der Waals surface area contributed by atoms with Crippen molar-refractivity contribution in [1.82, 2.24) is 4.90 Å². The van der Waals surface area contributed by atoms with E-state index in [1.54, 1.807) is 0 Å². The van der Waals surface area contributed by atoms with E-state index in [1.807, 2.05) is 30.3 Å². The zero-order valence-corrected chi connectivity index (χ0v) is 11.4. The molecule has 1 atom stereocenters. The van der Waals surface area contributed by atoms with Gasteiger partial charge in [-0.1, -0.05) is 43.2 Å². The van der Waals surface area contributed by atoms with Gasteiger partial charge in [-0.3, -0.25) is 9.69 Å². The van der Waals surface area contributed by atoms with Crippen molar-refractivity contribution in [2.24, 2.45) is 0 Å². The molecule has 1 aromatic rings. The summed E-state index contributed by atoms with van der Waals surface area (Å²) < 4.78 is 0. The van der Waals surface area contributed by atoms with Gasteiger partial charge in [0.15, 0.2) is 5.78 Å². The Hall–Kier alpha value is -1.19. The van der Waals surface area contributed by atoms with E-state index in [4.69, 9.17) is 0 Å². The number of benzene rings is 1. The molecule has 1 aliphatic heterocycles. The molecule has 1 saturated heterocycles. The maximum atomic E-state index is 12.1. The molecule has 0 aliphatic carbocycles. The summed E-state index contributed by atoms with van der Waals surface area (Å²) in [6.07, 6.45) is 5.19. The van der Waals surface area contributed by atoms with Gasteiger partial charge >= 0.3 is 0 Å². The first-order valence-electron chi connectivity index (χ1n) is 7.24. The Bertz CT molecular complexity index is 391. The third-order valence-electron chi connectivity index (χ3n) is 3.93. The summed E-state index contributed by atoms with van der Waals surface area (Å²) in [6.45, 7) is 1.98. The van der Waals surface area contributed by atoms with Crippen LogP contribution in [0.25, 0.3) is 0 Å². The molecule has 0 bridgehead atoms. The average molecular weight is 261 g/mol. The van der Waals surface area contributed by atoms with E-state index in [9.17, 15) is 9.90 Å². The smallest absolute Gasteiger partial charge is 0.164 e. The molecule has 104 valence electrons. The van der Waals surface area contributed by atoms with Crippen LogP contribution in [0.5, 0.6) is 0 Å². The Labute approximate surface area is 115 Å². The Balaban J connectivity index is 1.88. The molecule has 1 aliphatic rings. The number of hydrogen-bond donors (Lipinski definition) is 1. The van der Waals surface area contributed by atoms with Crippen LogP contribution in [0, 0.1) is 0 Å². The molecule has 0 spiro atoms. The fraction of sp³-hybridized carbons (Fsp3) is 0.562. The Morgan fingerprint density at radius 1 is 1.21 bits per heavy atom. The number of likely N-dealkylation sites (tertiary alicyclic amines) is 1. The fourth-order valence-electron chi connectivity index (χ4n) is 2.75. The van der Waals surface area contributed by atoms with Crippen LogP contribution in [-0.2, 0) is 0 Å². The fourth-order valence-corrected chi connectivity index (χ4v) is 2.75. The van der Waals surface area contributed by atoms with E-state index in [1.165, 1.54) is 19.3 Å². The van der Waals surface area contributed by atoms with Gasteiger partial charge in [-0.15, -0.1) is 0 Å². The van der Waals surface area contributed by atoms with Gasteiger partial charge in [0.25, 0.3) is 0 Å². The van der Waals surface area contributed by atoms with E-state index in [2.05, 4.69) is 4.90 Å². The van der Waals surface area contributed by atoms with Gasteiger partial charge in [-0.25, -0.2) is 0 Å². The SMILES string of the molecule is O=C(CCN1CCCCCC1CO)c1ccccc1. The minimum atomic E-state index is 0.196. The van der Waals surface area contributed by atoms with E-state index >= 15 is 0 Å². The van der Waals surface area contributed by atoms with Crippen molar-refractivity contribution < 1.29 is 9.90 Å². The molecule has 0 saturated carbocycles. The summed E-state index contributed by atoms with van der Waals surface area (Å²) in [5.41, 5.74) is 0.790. The first-order chi connectivity index (χ1) is 9.31. The molecule has 2 rings (SSSR count). The number of rotatable bonds is 5. The van der Waals surface area contributed by atoms with Crippen molar-refractivity contribution in [3.8, 4) is 0 Å². The van der Waals surface area contributed by atoms with Gasteiger partial charge in [0.05, 0.1) is 6.61 Å². The quantitative estimate of drug-likeness (QED) is 0.828. The number of hydrogen-bond acceptors (Lipinski definition) is 3. The lowest BCUT2D eigenvalue weighted by Gasteiger charge is -2.28. The third kappa shape index (κ3) is 4.15. The van der Waals surface area contributed by atoms with Crippen LogP contribution in [0.3, 0.4) is 0 Å². The minimum Gasteiger partial charge on any atom is -0.395 e. The molecule has 1 unspecified atom stereocenters. The Morgan fingerprint density at radius 3 is 2.74 bits per heavy atom. The lowest BCUT2D eigenvalue weighted by atomic mass is 10.1. The normalized spacial score (nSPS) is 21.0. The summed E-state index contributed by atoms with van der Waals surface area (Å²) in [7, 11) is 0. The lowest BCUT2D eigenvalue weighted by molar-refractivity contribution is 0.0910. The lowest BCUT2D eigenvalue weighted by Crippen LogP contribution is -2.38. The highest BCUT2D eigenvalue weighted by atomic mass is 16.3. The van der Waals surface area contributed by atoms with Crippen molar-refractivity contribution >= 4 is 5.78 Å². The van der Waals surface area contributed by atoms with Gasteiger partial charge in [-0.05, 0) is 19.4 Å². The third-order valence-corrected chi connectivity index (χ3v) is 3.93. The van der Waals surface area contributed by atoms with Gasteiger partial charge in [-0.2, -0.15) is 0 Å². The van der Waals surface area contributed by atoms with Crippen molar-refractivity contribution in [3.63, 3.8) is 0 Å². The van der Waals surface area contributed by atoms with Crippen molar-refractivity contribution in [3.05, 3.63) is 35.9 Å². The molecule has 0 aromatic heterocycles. The van der Waals surface area contributed by atoms with Crippen LogP contribution >= 0.6 is 0 Å². The summed E-state index contributed by atoms with van der Waals surface area (Å²) in [5, 5.41) is 9.44. The maximum absolute atomic E-state index is 12.1. The van der Waals surface area contributed by atoms with E-state index in [0.29, 0.717) is 6.42 Å². The second-order valence-corrected chi connectivity index (χ2v) is 5.26.